The van der Waals surface area contributed by atoms with E-state index in [2.05, 4.69) is 0 Å². The largest absolute Gasteiger partial charge is 0.465 e. The molecule has 1 aromatic heterocycles. The molecule has 0 N–H and O–H groups in total. The van der Waals surface area contributed by atoms with Crippen molar-refractivity contribution in [2.75, 3.05) is 13.1 Å². The number of nitriles is 1. The maximum atomic E-state index is 12.0. The first-order chi connectivity index (χ1) is 8.31. The minimum Gasteiger partial charge on any atom is -0.465 e. The molecule has 1 aliphatic rings. The number of likely N-dealkylation sites (tertiary alicyclic amines) is 1. The van der Waals surface area contributed by atoms with Crippen molar-refractivity contribution < 1.29 is 9.21 Å². The van der Waals surface area contributed by atoms with Gasteiger partial charge in [0.1, 0.15) is 17.4 Å². The van der Waals surface area contributed by atoms with Gasteiger partial charge in [-0.05, 0) is 31.4 Å². The summed E-state index contributed by atoms with van der Waals surface area (Å²) in [5.74, 6) is 0.343. The van der Waals surface area contributed by atoms with E-state index in [1.807, 2.05) is 6.07 Å². The lowest BCUT2D eigenvalue weighted by atomic mass is 10.1. The van der Waals surface area contributed by atoms with Crippen LogP contribution in [-0.2, 0) is 4.79 Å². The number of rotatable bonds is 2. The molecule has 1 amide bonds. The third-order valence-corrected chi connectivity index (χ3v) is 2.82. The summed E-state index contributed by atoms with van der Waals surface area (Å²) in [4.78, 5) is 13.8. The first-order valence-corrected chi connectivity index (χ1v) is 5.76. The molecule has 2 heterocycles. The molecule has 1 saturated heterocycles. The van der Waals surface area contributed by atoms with Crippen molar-refractivity contribution in [3.05, 3.63) is 29.7 Å². The van der Waals surface area contributed by atoms with Crippen LogP contribution in [0.1, 0.15) is 25.0 Å². The van der Waals surface area contributed by atoms with Crippen LogP contribution in [0, 0.1) is 11.3 Å². The van der Waals surface area contributed by atoms with Crippen molar-refractivity contribution >= 4 is 12.0 Å². The summed E-state index contributed by atoms with van der Waals surface area (Å²) in [6, 6.07) is 5.40. The smallest absolute Gasteiger partial charge is 0.264 e. The Balaban J connectivity index is 2.13. The molecule has 17 heavy (non-hydrogen) atoms. The van der Waals surface area contributed by atoms with E-state index in [1.54, 1.807) is 17.0 Å². The average molecular weight is 230 g/mol. The fourth-order valence-electron chi connectivity index (χ4n) is 1.92. The molecule has 4 heteroatoms. The lowest BCUT2D eigenvalue weighted by Crippen LogP contribution is -2.36. The van der Waals surface area contributed by atoms with Crippen LogP contribution in [0.4, 0.5) is 0 Å². The van der Waals surface area contributed by atoms with E-state index >= 15 is 0 Å². The van der Waals surface area contributed by atoms with Gasteiger partial charge < -0.3 is 9.32 Å². The topological polar surface area (TPSA) is 57.2 Å². The lowest BCUT2D eigenvalue weighted by Gasteiger charge is -2.26. The minimum absolute atomic E-state index is 0.141. The van der Waals surface area contributed by atoms with E-state index in [-0.39, 0.29) is 11.5 Å². The van der Waals surface area contributed by atoms with E-state index in [4.69, 9.17) is 9.68 Å². The van der Waals surface area contributed by atoms with Crippen LogP contribution in [0.2, 0.25) is 0 Å². The molecule has 1 aliphatic heterocycles. The molecule has 0 bridgehead atoms. The Labute approximate surface area is 100 Å². The van der Waals surface area contributed by atoms with E-state index in [0.29, 0.717) is 5.76 Å². The molecule has 2 rings (SSSR count). The Morgan fingerprint density at radius 3 is 2.76 bits per heavy atom. The molecule has 0 unspecified atom stereocenters. The molecule has 88 valence electrons. The van der Waals surface area contributed by atoms with Gasteiger partial charge in [0.15, 0.2) is 0 Å². The summed E-state index contributed by atoms with van der Waals surface area (Å²) >= 11 is 0. The highest BCUT2D eigenvalue weighted by molar-refractivity contribution is 6.01. The average Bonchev–Trinajstić information content (AvgIpc) is 2.89. The Morgan fingerprint density at radius 1 is 1.41 bits per heavy atom. The monoisotopic (exact) mass is 230 g/mol. The Bertz CT molecular complexity index is 448. The normalized spacial score (nSPS) is 16.6. The molecule has 0 aromatic carbocycles. The zero-order chi connectivity index (χ0) is 12.1. The van der Waals surface area contributed by atoms with Crippen LogP contribution < -0.4 is 0 Å². The molecule has 0 aliphatic carbocycles. The van der Waals surface area contributed by atoms with Gasteiger partial charge >= 0.3 is 0 Å². The minimum atomic E-state index is -0.191. The van der Waals surface area contributed by atoms with Crippen molar-refractivity contribution in [3.8, 4) is 6.07 Å². The van der Waals surface area contributed by atoms with E-state index < -0.39 is 0 Å². The fourth-order valence-corrected chi connectivity index (χ4v) is 1.92. The number of hydrogen-bond donors (Lipinski definition) is 0. The quantitative estimate of drug-likeness (QED) is 0.578. The van der Waals surface area contributed by atoms with Crippen LogP contribution in [0.5, 0.6) is 0 Å². The highest BCUT2D eigenvalue weighted by Gasteiger charge is 2.20. The van der Waals surface area contributed by atoms with Crippen molar-refractivity contribution in [1.82, 2.24) is 4.90 Å². The highest BCUT2D eigenvalue weighted by Crippen LogP contribution is 2.14. The Kier molecular flexibility index (Phi) is 3.61. The number of furan rings is 1. The maximum Gasteiger partial charge on any atom is 0.264 e. The number of hydrogen-bond acceptors (Lipinski definition) is 3. The third kappa shape index (κ3) is 2.76. The van der Waals surface area contributed by atoms with Gasteiger partial charge in [-0.2, -0.15) is 5.26 Å². The maximum absolute atomic E-state index is 12.0. The molecule has 1 aromatic rings. The van der Waals surface area contributed by atoms with E-state index in [1.165, 1.54) is 12.3 Å². The lowest BCUT2D eigenvalue weighted by molar-refractivity contribution is -0.127. The predicted octanol–water partition coefficient (Wildman–Crippen LogP) is 2.20. The second-order valence-electron chi connectivity index (χ2n) is 4.04. The van der Waals surface area contributed by atoms with Crippen LogP contribution in [0.15, 0.2) is 28.4 Å². The zero-order valence-corrected chi connectivity index (χ0v) is 9.56. The molecule has 0 saturated carbocycles. The van der Waals surface area contributed by atoms with Gasteiger partial charge in [-0.1, -0.05) is 0 Å². The van der Waals surface area contributed by atoms with Gasteiger partial charge in [0.05, 0.1) is 6.26 Å². The van der Waals surface area contributed by atoms with Gasteiger partial charge in [0.25, 0.3) is 5.91 Å². The van der Waals surface area contributed by atoms with Gasteiger partial charge in [-0.15, -0.1) is 0 Å². The number of piperidine rings is 1. The van der Waals surface area contributed by atoms with Crippen molar-refractivity contribution in [3.63, 3.8) is 0 Å². The molecule has 0 atom stereocenters. The van der Waals surface area contributed by atoms with Crippen molar-refractivity contribution in [2.24, 2.45) is 0 Å². The molecule has 0 spiro atoms. The summed E-state index contributed by atoms with van der Waals surface area (Å²) in [5, 5.41) is 9.02. The van der Waals surface area contributed by atoms with Crippen LogP contribution in [-0.4, -0.2) is 23.9 Å². The van der Waals surface area contributed by atoms with Gasteiger partial charge in [-0.3, -0.25) is 4.79 Å². The third-order valence-electron chi connectivity index (χ3n) is 2.82. The Hall–Kier alpha value is -2.02. The molecule has 1 fully saturated rings. The van der Waals surface area contributed by atoms with Crippen molar-refractivity contribution in [1.29, 1.82) is 5.26 Å². The van der Waals surface area contributed by atoms with E-state index in [9.17, 15) is 4.79 Å². The second-order valence-corrected chi connectivity index (χ2v) is 4.04. The van der Waals surface area contributed by atoms with Crippen LogP contribution in [0.25, 0.3) is 6.08 Å². The van der Waals surface area contributed by atoms with Gasteiger partial charge in [0, 0.05) is 19.2 Å². The number of amides is 1. The van der Waals surface area contributed by atoms with Gasteiger partial charge in [0.2, 0.25) is 0 Å². The van der Waals surface area contributed by atoms with Crippen LogP contribution >= 0.6 is 0 Å². The fraction of sp³-hybridized carbons (Fsp3) is 0.385. The predicted molar refractivity (Wildman–Crippen MR) is 62.7 cm³/mol. The standard InChI is InChI=1S/C13H14N2O2/c14-10-11(9-12-5-4-8-17-12)13(16)15-6-2-1-3-7-15/h4-5,8-9H,1-3,6-7H2/b11-9+. The van der Waals surface area contributed by atoms with E-state index in [0.717, 1.165) is 32.4 Å². The Morgan fingerprint density at radius 2 is 2.18 bits per heavy atom. The summed E-state index contributed by atoms with van der Waals surface area (Å²) in [5.41, 5.74) is 0.141. The van der Waals surface area contributed by atoms with Crippen LogP contribution in [0.3, 0.4) is 0 Å². The highest BCUT2D eigenvalue weighted by atomic mass is 16.3. The zero-order valence-electron chi connectivity index (χ0n) is 9.56. The summed E-state index contributed by atoms with van der Waals surface area (Å²) in [6.45, 7) is 1.49. The second kappa shape index (κ2) is 5.35. The van der Waals surface area contributed by atoms with Gasteiger partial charge in [-0.25, -0.2) is 0 Å². The SMILES string of the molecule is N#C/C(=C\c1ccco1)C(=O)N1CCCCC1. The first-order valence-electron chi connectivity index (χ1n) is 5.76. The molecular formula is C13H14N2O2. The molecule has 4 nitrogen and oxygen atoms in total. The summed E-state index contributed by atoms with van der Waals surface area (Å²) in [6.07, 6.45) is 6.22. The first kappa shape index (κ1) is 11.5. The molecular weight excluding hydrogens is 216 g/mol. The number of carbonyl (C=O) groups excluding carboxylic acids is 1. The summed E-state index contributed by atoms with van der Waals surface area (Å²) in [7, 11) is 0. The summed E-state index contributed by atoms with van der Waals surface area (Å²) < 4.78 is 5.11. The van der Waals surface area contributed by atoms with Crippen molar-refractivity contribution in [2.45, 2.75) is 19.3 Å². The number of carbonyl (C=O) groups is 1. The number of nitrogens with zero attached hydrogens (tertiary/aromatic N) is 2. The molecule has 0 radical (unpaired) electrons.